The van der Waals surface area contributed by atoms with Crippen molar-refractivity contribution >= 4 is 0 Å². The number of rotatable bonds is 2. The first kappa shape index (κ1) is 8.05. The number of aromatic nitrogens is 3. The van der Waals surface area contributed by atoms with Gasteiger partial charge < -0.3 is 4.84 Å². The van der Waals surface area contributed by atoms with Gasteiger partial charge in [-0.1, -0.05) is 11.3 Å². The maximum atomic E-state index is 10.8. The summed E-state index contributed by atoms with van der Waals surface area (Å²) < 4.78 is 0.328. The molecule has 0 aliphatic carbocycles. The fourth-order valence-electron chi connectivity index (χ4n) is 0.590. The third-order valence-electron chi connectivity index (χ3n) is 0.990. The first-order chi connectivity index (χ1) is 5.65. The zero-order valence-electron chi connectivity index (χ0n) is 5.86. The molecule has 2 N–H and O–H groups in total. The molecule has 7 nitrogen and oxygen atoms in total. The smallest absolute Gasteiger partial charge is 0.367 e. The van der Waals surface area contributed by atoms with Gasteiger partial charge in [-0.05, 0) is 0 Å². The van der Waals surface area contributed by atoms with E-state index in [4.69, 9.17) is 0 Å². The second-order valence-electron chi connectivity index (χ2n) is 1.76. The third-order valence-corrected chi connectivity index (χ3v) is 0.990. The lowest BCUT2D eigenvalue weighted by Gasteiger charge is -1.97. The Balaban J connectivity index is 3.49. The molecule has 7 heteroatoms. The zero-order valence-corrected chi connectivity index (χ0v) is 5.86. The van der Waals surface area contributed by atoms with Gasteiger partial charge in [0.2, 0.25) is 0 Å². The van der Waals surface area contributed by atoms with Crippen LogP contribution < -0.4 is 21.9 Å². The van der Waals surface area contributed by atoms with Gasteiger partial charge in [-0.15, -0.1) is 0 Å². The molecule has 0 aliphatic rings. The summed E-state index contributed by atoms with van der Waals surface area (Å²) in [6.07, 6.45) is 0.884. The average Bonchev–Trinajstić information content (AvgIpc) is 1.96. The molecular weight excluding hydrogens is 166 g/mol. The zero-order chi connectivity index (χ0) is 9.14. The van der Waals surface area contributed by atoms with Gasteiger partial charge >= 0.3 is 17.1 Å². The normalized spacial score (nSPS) is 9.33. The van der Waals surface area contributed by atoms with Crippen molar-refractivity contribution in [1.82, 2.24) is 14.7 Å². The Kier molecular flexibility index (Phi) is 1.95. The van der Waals surface area contributed by atoms with Gasteiger partial charge in [0.15, 0.2) is 0 Å². The predicted octanol–water partition coefficient (Wildman–Crippen LogP) is -2.20. The lowest BCUT2D eigenvalue weighted by molar-refractivity contribution is 0.181. The Hall–Kier alpha value is -2.05. The molecule has 0 aromatic carbocycles. The Labute approximate surface area is 64.9 Å². The van der Waals surface area contributed by atoms with E-state index >= 15 is 0 Å². The van der Waals surface area contributed by atoms with Crippen LogP contribution in [0.2, 0.25) is 0 Å². The van der Waals surface area contributed by atoms with Crippen molar-refractivity contribution < 1.29 is 4.84 Å². The van der Waals surface area contributed by atoms with Gasteiger partial charge in [-0.2, -0.15) is 0 Å². The molecule has 0 fully saturated rings. The summed E-state index contributed by atoms with van der Waals surface area (Å²) in [6, 6.07) is 0. The van der Waals surface area contributed by atoms with E-state index < -0.39 is 17.1 Å². The standard InChI is InChI=1S/C5H5N3O4/c1-2-12-8-4(10)6-3(9)7-5(8)11/h2H,1H2,(H2,6,7,9,10,11). The topological polar surface area (TPSA) is 96.9 Å². The minimum atomic E-state index is -0.955. The Morgan fingerprint density at radius 1 is 1.25 bits per heavy atom. The quantitative estimate of drug-likeness (QED) is 0.493. The van der Waals surface area contributed by atoms with Gasteiger partial charge in [0.1, 0.15) is 6.26 Å². The SMILES string of the molecule is C=COn1c(=O)[nH]c(=O)[nH]c1=O. The minimum absolute atomic E-state index is 0.328. The van der Waals surface area contributed by atoms with Crippen LogP contribution in [-0.4, -0.2) is 14.7 Å². The lowest BCUT2D eigenvalue weighted by Crippen LogP contribution is -2.45. The second-order valence-corrected chi connectivity index (χ2v) is 1.76. The van der Waals surface area contributed by atoms with E-state index in [1.807, 2.05) is 0 Å². The van der Waals surface area contributed by atoms with Crippen molar-refractivity contribution in [3.63, 3.8) is 0 Å². The molecule has 12 heavy (non-hydrogen) atoms. The van der Waals surface area contributed by atoms with Crippen molar-refractivity contribution in [3.8, 4) is 0 Å². The summed E-state index contributed by atoms with van der Waals surface area (Å²) in [6.45, 7) is 3.13. The van der Waals surface area contributed by atoms with Gasteiger partial charge in [-0.3, -0.25) is 9.97 Å². The largest absolute Gasteiger partial charge is 0.375 e. The van der Waals surface area contributed by atoms with Crippen LogP contribution in [0.1, 0.15) is 0 Å². The Bertz CT molecular complexity index is 416. The third kappa shape index (κ3) is 1.34. The van der Waals surface area contributed by atoms with Crippen LogP contribution in [-0.2, 0) is 0 Å². The molecular formula is C5H5N3O4. The molecule has 0 radical (unpaired) electrons. The van der Waals surface area contributed by atoms with Crippen LogP contribution >= 0.6 is 0 Å². The van der Waals surface area contributed by atoms with Crippen molar-refractivity contribution in [2.45, 2.75) is 0 Å². The molecule has 0 saturated carbocycles. The van der Waals surface area contributed by atoms with E-state index in [1.165, 1.54) is 0 Å². The summed E-state index contributed by atoms with van der Waals surface area (Å²) in [5.41, 5.74) is -2.79. The van der Waals surface area contributed by atoms with Gasteiger partial charge in [-0.25, -0.2) is 14.4 Å². The average molecular weight is 171 g/mol. The van der Waals surface area contributed by atoms with E-state index in [0.29, 0.717) is 4.73 Å². The minimum Gasteiger partial charge on any atom is -0.375 e. The van der Waals surface area contributed by atoms with Gasteiger partial charge in [0.05, 0.1) is 0 Å². The monoisotopic (exact) mass is 171 g/mol. The summed E-state index contributed by atoms with van der Waals surface area (Å²) in [4.78, 5) is 39.9. The number of aromatic amines is 2. The van der Waals surface area contributed by atoms with Crippen LogP contribution in [0.25, 0.3) is 0 Å². The molecule has 1 aromatic heterocycles. The van der Waals surface area contributed by atoms with Crippen LogP contribution in [0, 0.1) is 0 Å². The number of nitrogens with zero attached hydrogens (tertiary/aromatic N) is 1. The molecule has 0 unspecified atom stereocenters. The fraction of sp³-hybridized carbons (Fsp3) is 0. The summed E-state index contributed by atoms with van der Waals surface area (Å²) >= 11 is 0. The second kappa shape index (κ2) is 2.91. The number of hydrogen-bond donors (Lipinski definition) is 2. The first-order valence-corrected chi connectivity index (χ1v) is 2.89. The predicted molar refractivity (Wildman–Crippen MR) is 38.7 cm³/mol. The fourth-order valence-corrected chi connectivity index (χ4v) is 0.590. The number of H-pyrrole nitrogens is 2. The molecule has 0 aliphatic heterocycles. The highest BCUT2D eigenvalue weighted by atomic mass is 16.7. The maximum absolute atomic E-state index is 10.8. The van der Waals surface area contributed by atoms with Crippen LogP contribution in [0.15, 0.2) is 27.2 Å². The molecule has 0 bridgehead atoms. The molecule has 0 spiro atoms. The van der Waals surface area contributed by atoms with Crippen molar-refractivity contribution in [1.29, 1.82) is 0 Å². The molecule has 1 heterocycles. The Morgan fingerprint density at radius 3 is 2.17 bits per heavy atom. The van der Waals surface area contributed by atoms with E-state index in [9.17, 15) is 14.4 Å². The van der Waals surface area contributed by atoms with E-state index in [2.05, 4.69) is 11.4 Å². The van der Waals surface area contributed by atoms with Crippen molar-refractivity contribution in [2.24, 2.45) is 0 Å². The van der Waals surface area contributed by atoms with Crippen LogP contribution in [0.5, 0.6) is 0 Å². The van der Waals surface area contributed by atoms with Gasteiger partial charge in [0, 0.05) is 0 Å². The summed E-state index contributed by atoms with van der Waals surface area (Å²) in [5.74, 6) is 0. The van der Waals surface area contributed by atoms with Crippen molar-refractivity contribution in [2.75, 3.05) is 0 Å². The highest BCUT2D eigenvalue weighted by Gasteiger charge is 2.00. The van der Waals surface area contributed by atoms with Gasteiger partial charge in [0.25, 0.3) is 0 Å². The number of hydrogen-bond acceptors (Lipinski definition) is 4. The molecule has 0 amide bonds. The summed E-state index contributed by atoms with van der Waals surface area (Å²) in [7, 11) is 0. The highest BCUT2D eigenvalue weighted by Crippen LogP contribution is 1.57. The molecule has 1 aromatic rings. The molecule has 64 valence electrons. The van der Waals surface area contributed by atoms with Crippen molar-refractivity contribution in [3.05, 3.63) is 44.3 Å². The first-order valence-electron chi connectivity index (χ1n) is 2.89. The van der Waals surface area contributed by atoms with Crippen LogP contribution in [0.4, 0.5) is 0 Å². The van der Waals surface area contributed by atoms with Crippen LogP contribution in [0.3, 0.4) is 0 Å². The molecule has 0 saturated heterocycles. The van der Waals surface area contributed by atoms with E-state index in [0.717, 1.165) is 6.26 Å². The highest BCUT2D eigenvalue weighted by molar-refractivity contribution is 4.66. The van der Waals surface area contributed by atoms with E-state index in [1.54, 1.807) is 9.97 Å². The van der Waals surface area contributed by atoms with E-state index in [-0.39, 0.29) is 0 Å². The lowest BCUT2D eigenvalue weighted by atomic mass is 11.0. The summed E-state index contributed by atoms with van der Waals surface area (Å²) in [5, 5.41) is 0. The molecule has 1 rings (SSSR count). The molecule has 0 atom stereocenters. The Morgan fingerprint density at radius 2 is 1.75 bits per heavy atom. The number of nitrogens with one attached hydrogen (secondary N) is 2. The maximum Gasteiger partial charge on any atom is 0.367 e.